The molecule has 2 heterocycles. The van der Waals surface area contributed by atoms with Gasteiger partial charge in [-0.2, -0.15) is 0 Å². The van der Waals surface area contributed by atoms with Crippen molar-refractivity contribution in [3.63, 3.8) is 0 Å². The van der Waals surface area contributed by atoms with Crippen molar-refractivity contribution in [1.82, 2.24) is 24.9 Å². The maximum atomic E-state index is 13.9. The zero-order valence-electron chi connectivity index (χ0n) is 22.2. The summed E-state index contributed by atoms with van der Waals surface area (Å²) in [6.07, 6.45) is 0. The second-order valence-electron chi connectivity index (χ2n) is 9.59. The Bertz CT molecular complexity index is 1650. The average molecular weight is 575 g/mol. The highest BCUT2D eigenvalue weighted by Crippen LogP contribution is 2.28. The summed E-state index contributed by atoms with van der Waals surface area (Å²) < 4.78 is 6.75. The number of carbonyl (C=O) groups is 2. The summed E-state index contributed by atoms with van der Waals surface area (Å²) in [5, 5.41) is 14.5. The number of fused-ring (bicyclic) bond motifs is 1. The first-order valence-electron chi connectivity index (χ1n) is 12.5. The molecule has 5 aromatic rings. The van der Waals surface area contributed by atoms with Crippen molar-refractivity contribution >= 4 is 51.5 Å². The number of benzene rings is 3. The number of ether oxygens (including phenoxy) is 1. The number of nitrogens with zero attached hydrogens (tertiary/aromatic N) is 5. The average Bonchev–Trinajstić information content (AvgIpc) is 3.60. The van der Waals surface area contributed by atoms with E-state index in [-0.39, 0.29) is 24.9 Å². The van der Waals surface area contributed by atoms with Gasteiger partial charge in [-0.25, -0.2) is 9.67 Å². The molecule has 0 unspecified atom stereocenters. The van der Waals surface area contributed by atoms with Crippen LogP contribution >= 0.6 is 22.9 Å². The third kappa shape index (κ3) is 5.83. The maximum Gasteiger partial charge on any atom is 0.249 e. The molecule has 0 aliphatic heterocycles. The SMILES string of the molecule is COc1ccc(NC(=O)C(C)(C)N(Cc2nc(-c3ccc(Cl)cc3)cs2)C(=O)Cn2nnc3ccccc32)cc1. The lowest BCUT2D eigenvalue weighted by atomic mass is 10.0. The number of nitrogens with one attached hydrogen (secondary N) is 1. The Balaban J connectivity index is 1.43. The standard InChI is InChI=1S/C29H27ClN6O3S/c1-29(2,28(38)31-21-12-14-22(39-3)15-13-21)35(27(37)17-36-25-7-5-4-6-23(25)33-34-36)16-26-32-24(18-40-26)19-8-10-20(30)11-9-19/h4-15,18H,16-17H2,1-3H3,(H,31,38). The van der Waals surface area contributed by atoms with E-state index in [1.807, 2.05) is 41.8 Å². The van der Waals surface area contributed by atoms with Crippen molar-refractivity contribution in [2.24, 2.45) is 0 Å². The van der Waals surface area contributed by atoms with Crippen LogP contribution in [0.3, 0.4) is 0 Å². The molecule has 0 radical (unpaired) electrons. The molecule has 9 nitrogen and oxygen atoms in total. The highest BCUT2D eigenvalue weighted by atomic mass is 35.5. The molecule has 5 rings (SSSR count). The van der Waals surface area contributed by atoms with Crippen molar-refractivity contribution in [3.05, 3.63) is 88.2 Å². The summed E-state index contributed by atoms with van der Waals surface area (Å²) >= 11 is 7.46. The number of halogens is 1. The van der Waals surface area contributed by atoms with Crippen LogP contribution in [-0.4, -0.2) is 49.3 Å². The topological polar surface area (TPSA) is 102 Å². The molecule has 0 aliphatic carbocycles. The van der Waals surface area contributed by atoms with E-state index < -0.39 is 5.54 Å². The first-order valence-corrected chi connectivity index (χ1v) is 13.7. The monoisotopic (exact) mass is 574 g/mol. The normalized spacial score (nSPS) is 11.4. The van der Waals surface area contributed by atoms with Crippen molar-refractivity contribution in [1.29, 1.82) is 0 Å². The minimum Gasteiger partial charge on any atom is -0.497 e. The lowest BCUT2D eigenvalue weighted by Gasteiger charge is -2.37. The minimum atomic E-state index is -1.24. The molecule has 0 aliphatic rings. The van der Waals surface area contributed by atoms with Gasteiger partial charge < -0.3 is 15.0 Å². The Kier molecular flexibility index (Phi) is 7.81. The summed E-state index contributed by atoms with van der Waals surface area (Å²) in [6.45, 7) is 3.48. The third-order valence-electron chi connectivity index (χ3n) is 6.57. The lowest BCUT2D eigenvalue weighted by Crippen LogP contribution is -2.55. The van der Waals surface area contributed by atoms with Crippen molar-refractivity contribution in [2.75, 3.05) is 12.4 Å². The van der Waals surface area contributed by atoms with Crippen LogP contribution in [0.5, 0.6) is 5.75 Å². The molecule has 11 heteroatoms. The largest absolute Gasteiger partial charge is 0.497 e. The van der Waals surface area contributed by atoms with E-state index in [2.05, 4.69) is 15.6 Å². The first-order chi connectivity index (χ1) is 19.2. The first kappa shape index (κ1) is 27.3. The molecule has 2 amide bonds. The van der Waals surface area contributed by atoms with Gasteiger partial charge in [-0.3, -0.25) is 9.59 Å². The van der Waals surface area contributed by atoms with Crippen LogP contribution in [0.2, 0.25) is 5.02 Å². The summed E-state index contributed by atoms with van der Waals surface area (Å²) in [6, 6.07) is 21.8. The number of hydrogen-bond donors (Lipinski definition) is 1. The quantitative estimate of drug-likeness (QED) is 0.244. The van der Waals surface area contributed by atoms with Crippen LogP contribution in [0.1, 0.15) is 18.9 Å². The number of rotatable bonds is 9. The Morgan fingerprint density at radius 1 is 1.05 bits per heavy atom. The molecule has 0 bridgehead atoms. The Morgan fingerprint density at radius 3 is 2.50 bits per heavy atom. The smallest absolute Gasteiger partial charge is 0.249 e. The van der Waals surface area contributed by atoms with E-state index in [0.717, 1.165) is 16.8 Å². The lowest BCUT2D eigenvalue weighted by molar-refractivity contribution is -0.145. The van der Waals surface area contributed by atoms with E-state index in [4.69, 9.17) is 21.3 Å². The molecule has 204 valence electrons. The Hall–Kier alpha value is -4.28. The van der Waals surface area contributed by atoms with Gasteiger partial charge in [0.2, 0.25) is 11.8 Å². The summed E-state index contributed by atoms with van der Waals surface area (Å²) in [5.41, 5.74) is 2.45. The Morgan fingerprint density at radius 2 is 1.77 bits per heavy atom. The van der Waals surface area contributed by atoms with Crippen LogP contribution < -0.4 is 10.1 Å². The molecule has 0 fully saturated rings. The fourth-order valence-electron chi connectivity index (χ4n) is 4.20. The van der Waals surface area contributed by atoms with Crippen molar-refractivity contribution in [3.8, 4) is 17.0 Å². The van der Waals surface area contributed by atoms with Gasteiger partial charge in [0, 0.05) is 21.7 Å². The van der Waals surface area contributed by atoms with Crippen LogP contribution in [0.25, 0.3) is 22.3 Å². The molecule has 2 aromatic heterocycles. The second-order valence-corrected chi connectivity index (χ2v) is 11.0. The number of anilines is 1. The maximum absolute atomic E-state index is 13.9. The summed E-state index contributed by atoms with van der Waals surface area (Å²) in [7, 11) is 1.58. The van der Waals surface area contributed by atoms with E-state index in [9.17, 15) is 9.59 Å². The van der Waals surface area contributed by atoms with E-state index in [1.54, 1.807) is 62.0 Å². The highest BCUT2D eigenvalue weighted by Gasteiger charge is 2.39. The van der Waals surface area contributed by atoms with Crippen molar-refractivity contribution < 1.29 is 14.3 Å². The fourth-order valence-corrected chi connectivity index (χ4v) is 5.12. The molecule has 40 heavy (non-hydrogen) atoms. The molecule has 0 saturated carbocycles. The van der Waals surface area contributed by atoms with E-state index in [1.165, 1.54) is 16.2 Å². The van der Waals surface area contributed by atoms with Crippen LogP contribution in [0, 0.1) is 0 Å². The van der Waals surface area contributed by atoms with Gasteiger partial charge >= 0.3 is 0 Å². The predicted molar refractivity (Wildman–Crippen MR) is 156 cm³/mol. The van der Waals surface area contributed by atoms with Gasteiger partial charge in [0.05, 0.1) is 24.9 Å². The van der Waals surface area contributed by atoms with Crippen LogP contribution in [-0.2, 0) is 22.7 Å². The molecular weight excluding hydrogens is 548 g/mol. The summed E-state index contributed by atoms with van der Waals surface area (Å²) in [4.78, 5) is 33.8. The van der Waals surface area contributed by atoms with Gasteiger partial charge in [0.15, 0.2) is 0 Å². The van der Waals surface area contributed by atoms with Gasteiger partial charge in [-0.15, -0.1) is 16.4 Å². The van der Waals surface area contributed by atoms with Gasteiger partial charge in [-0.05, 0) is 62.4 Å². The zero-order valence-corrected chi connectivity index (χ0v) is 23.7. The summed E-state index contributed by atoms with van der Waals surface area (Å²) in [5.74, 6) is 0.0344. The van der Waals surface area contributed by atoms with Crippen molar-refractivity contribution in [2.45, 2.75) is 32.5 Å². The second kappa shape index (κ2) is 11.4. The number of aromatic nitrogens is 4. The predicted octanol–water partition coefficient (Wildman–Crippen LogP) is 5.66. The highest BCUT2D eigenvalue weighted by molar-refractivity contribution is 7.09. The number of hydrogen-bond acceptors (Lipinski definition) is 7. The molecule has 1 N–H and O–H groups in total. The molecular formula is C29H27ClN6O3S. The van der Waals surface area contributed by atoms with E-state index >= 15 is 0 Å². The number of para-hydroxylation sites is 1. The number of amides is 2. The fraction of sp³-hybridized carbons (Fsp3) is 0.207. The third-order valence-corrected chi connectivity index (χ3v) is 7.66. The number of methoxy groups -OCH3 is 1. The van der Waals surface area contributed by atoms with E-state index in [0.29, 0.717) is 27.0 Å². The number of carbonyl (C=O) groups excluding carboxylic acids is 2. The van der Waals surface area contributed by atoms with Crippen LogP contribution in [0.15, 0.2) is 78.2 Å². The van der Waals surface area contributed by atoms with Gasteiger partial charge in [-0.1, -0.05) is 41.1 Å². The molecule has 0 spiro atoms. The Labute approximate surface area is 240 Å². The molecule has 3 aromatic carbocycles. The van der Waals surface area contributed by atoms with Crippen LogP contribution in [0.4, 0.5) is 5.69 Å². The molecule has 0 atom stereocenters. The number of thiazole rings is 1. The van der Waals surface area contributed by atoms with Gasteiger partial charge in [0.1, 0.15) is 28.4 Å². The minimum absolute atomic E-state index is 0.0881. The zero-order chi connectivity index (χ0) is 28.3. The molecule has 0 saturated heterocycles. The van der Waals surface area contributed by atoms with Gasteiger partial charge in [0.25, 0.3) is 0 Å².